The fourth-order valence-electron chi connectivity index (χ4n) is 2.00. The zero-order valence-electron chi connectivity index (χ0n) is 10.5. The van der Waals surface area contributed by atoms with Crippen LogP contribution < -0.4 is 4.74 Å². The number of benzene rings is 2. The van der Waals surface area contributed by atoms with Gasteiger partial charge in [0.05, 0.1) is 0 Å². The first-order valence-electron chi connectivity index (χ1n) is 6.09. The van der Waals surface area contributed by atoms with Gasteiger partial charge in [-0.3, -0.25) is 0 Å². The molecule has 0 aliphatic rings. The Balaban J connectivity index is 1.80. The molecule has 96 valence electrons. The minimum absolute atomic E-state index is 0.414. The standard InChI is InChI=1S/C16H13ClO2/c1-11-4-2-3-5-15(11)18-10-14-8-12-6-7-13(17)9-16(12)19-14/h2-9H,10H2,1H3. The molecule has 0 saturated heterocycles. The molecular formula is C16H13ClO2. The molecule has 0 fully saturated rings. The van der Waals surface area contributed by atoms with E-state index in [-0.39, 0.29) is 0 Å². The predicted molar refractivity (Wildman–Crippen MR) is 76.7 cm³/mol. The minimum Gasteiger partial charge on any atom is -0.485 e. The van der Waals surface area contributed by atoms with Crippen molar-refractivity contribution in [1.82, 2.24) is 0 Å². The van der Waals surface area contributed by atoms with Crippen LogP contribution in [0.3, 0.4) is 0 Å². The Morgan fingerprint density at radius 3 is 2.79 bits per heavy atom. The van der Waals surface area contributed by atoms with Gasteiger partial charge in [-0.1, -0.05) is 29.8 Å². The highest BCUT2D eigenvalue weighted by atomic mass is 35.5. The molecule has 19 heavy (non-hydrogen) atoms. The molecule has 0 amide bonds. The molecular weight excluding hydrogens is 260 g/mol. The Morgan fingerprint density at radius 2 is 1.95 bits per heavy atom. The van der Waals surface area contributed by atoms with Crippen LogP contribution >= 0.6 is 11.6 Å². The second-order valence-corrected chi connectivity index (χ2v) is 4.89. The fourth-order valence-corrected chi connectivity index (χ4v) is 2.16. The van der Waals surface area contributed by atoms with Gasteiger partial charge in [0.2, 0.25) is 0 Å². The van der Waals surface area contributed by atoms with Gasteiger partial charge in [-0.2, -0.15) is 0 Å². The van der Waals surface area contributed by atoms with Crippen molar-refractivity contribution >= 4 is 22.6 Å². The molecule has 0 radical (unpaired) electrons. The number of furan rings is 1. The molecule has 3 heteroatoms. The molecule has 1 aromatic heterocycles. The summed E-state index contributed by atoms with van der Waals surface area (Å²) >= 11 is 5.93. The van der Waals surface area contributed by atoms with Crippen molar-refractivity contribution in [2.45, 2.75) is 13.5 Å². The van der Waals surface area contributed by atoms with Gasteiger partial charge in [0, 0.05) is 16.5 Å². The molecule has 1 heterocycles. The lowest BCUT2D eigenvalue weighted by atomic mass is 10.2. The Kier molecular flexibility index (Phi) is 3.18. The molecule has 0 N–H and O–H groups in total. The smallest absolute Gasteiger partial charge is 0.146 e. The van der Waals surface area contributed by atoms with E-state index < -0.39 is 0 Å². The van der Waals surface area contributed by atoms with Gasteiger partial charge in [0.25, 0.3) is 0 Å². The summed E-state index contributed by atoms with van der Waals surface area (Å²) in [5.41, 5.74) is 1.90. The molecule has 0 aliphatic carbocycles. The third-order valence-corrected chi connectivity index (χ3v) is 3.23. The van der Waals surface area contributed by atoms with E-state index in [1.54, 1.807) is 0 Å². The number of ether oxygens (including phenoxy) is 1. The van der Waals surface area contributed by atoms with Crippen LogP contribution in [0.25, 0.3) is 11.0 Å². The third-order valence-electron chi connectivity index (χ3n) is 3.00. The normalized spacial score (nSPS) is 10.8. The van der Waals surface area contributed by atoms with Crippen LogP contribution in [0.15, 0.2) is 52.9 Å². The first-order chi connectivity index (χ1) is 9.22. The van der Waals surface area contributed by atoms with Crippen molar-refractivity contribution in [2.75, 3.05) is 0 Å². The SMILES string of the molecule is Cc1ccccc1OCc1cc2ccc(Cl)cc2o1. The monoisotopic (exact) mass is 272 g/mol. The van der Waals surface area contributed by atoms with Crippen molar-refractivity contribution in [2.24, 2.45) is 0 Å². The van der Waals surface area contributed by atoms with Gasteiger partial charge in [0.1, 0.15) is 23.7 Å². The zero-order valence-corrected chi connectivity index (χ0v) is 11.3. The van der Waals surface area contributed by atoms with E-state index >= 15 is 0 Å². The second-order valence-electron chi connectivity index (χ2n) is 4.45. The highest BCUT2D eigenvalue weighted by molar-refractivity contribution is 6.31. The summed E-state index contributed by atoms with van der Waals surface area (Å²) in [6, 6.07) is 15.5. The largest absolute Gasteiger partial charge is 0.485 e. The van der Waals surface area contributed by atoms with Crippen molar-refractivity contribution in [3.63, 3.8) is 0 Å². The van der Waals surface area contributed by atoms with Crippen molar-refractivity contribution in [1.29, 1.82) is 0 Å². The lowest BCUT2D eigenvalue weighted by Gasteiger charge is -2.06. The summed E-state index contributed by atoms with van der Waals surface area (Å²) in [5, 5.41) is 1.71. The molecule has 0 bridgehead atoms. The molecule has 0 atom stereocenters. The van der Waals surface area contributed by atoms with Crippen LogP contribution in [0.1, 0.15) is 11.3 Å². The second kappa shape index (κ2) is 4.98. The van der Waals surface area contributed by atoms with Crippen LogP contribution in [0, 0.1) is 6.92 Å². The van der Waals surface area contributed by atoms with Crippen LogP contribution in [-0.2, 0) is 6.61 Å². The highest BCUT2D eigenvalue weighted by Crippen LogP contribution is 2.24. The van der Waals surface area contributed by atoms with E-state index in [2.05, 4.69) is 0 Å². The topological polar surface area (TPSA) is 22.4 Å². The number of para-hydroxylation sites is 1. The van der Waals surface area contributed by atoms with E-state index in [1.165, 1.54) is 0 Å². The zero-order chi connectivity index (χ0) is 13.2. The average molecular weight is 273 g/mol. The Morgan fingerprint density at radius 1 is 1.11 bits per heavy atom. The Labute approximate surface area is 116 Å². The number of fused-ring (bicyclic) bond motifs is 1. The third kappa shape index (κ3) is 2.59. The van der Waals surface area contributed by atoms with Gasteiger partial charge in [-0.05, 0) is 36.8 Å². The van der Waals surface area contributed by atoms with E-state index in [0.717, 1.165) is 28.0 Å². The van der Waals surface area contributed by atoms with Gasteiger partial charge in [-0.25, -0.2) is 0 Å². The van der Waals surface area contributed by atoms with Crippen molar-refractivity contribution < 1.29 is 9.15 Å². The molecule has 2 nitrogen and oxygen atoms in total. The van der Waals surface area contributed by atoms with Gasteiger partial charge in [-0.15, -0.1) is 0 Å². The van der Waals surface area contributed by atoms with Gasteiger partial charge < -0.3 is 9.15 Å². The fraction of sp³-hybridized carbons (Fsp3) is 0.125. The van der Waals surface area contributed by atoms with Crippen LogP contribution in [0.2, 0.25) is 5.02 Å². The van der Waals surface area contributed by atoms with E-state index in [1.807, 2.05) is 55.5 Å². The van der Waals surface area contributed by atoms with Crippen LogP contribution in [0.4, 0.5) is 0 Å². The van der Waals surface area contributed by atoms with Crippen molar-refractivity contribution in [3.8, 4) is 5.75 Å². The summed E-state index contributed by atoms with van der Waals surface area (Å²) in [7, 11) is 0. The van der Waals surface area contributed by atoms with Crippen LogP contribution in [0.5, 0.6) is 5.75 Å². The highest BCUT2D eigenvalue weighted by Gasteiger charge is 2.06. The first kappa shape index (κ1) is 12.1. The lowest BCUT2D eigenvalue weighted by molar-refractivity contribution is 0.273. The number of halogens is 1. The lowest BCUT2D eigenvalue weighted by Crippen LogP contribution is -1.95. The number of aryl methyl sites for hydroxylation is 1. The molecule has 2 aromatic carbocycles. The van der Waals surface area contributed by atoms with Crippen molar-refractivity contribution in [3.05, 3.63) is 64.9 Å². The Hall–Kier alpha value is -1.93. The number of rotatable bonds is 3. The van der Waals surface area contributed by atoms with E-state index in [4.69, 9.17) is 20.8 Å². The molecule has 3 aromatic rings. The molecule has 0 saturated carbocycles. The van der Waals surface area contributed by atoms with Gasteiger partial charge in [0.15, 0.2) is 0 Å². The first-order valence-corrected chi connectivity index (χ1v) is 6.46. The number of hydrogen-bond acceptors (Lipinski definition) is 2. The summed E-state index contributed by atoms with van der Waals surface area (Å²) in [6.45, 7) is 2.44. The average Bonchev–Trinajstić information content (AvgIpc) is 2.79. The maximum atomic E-state index is 5.93. The molecule has 0 aliphatic heterocycles. The Bertz CT molecular complexity index is 716. The van der Waals surface area contributed by atoms with Crippen LogP contribution in [-0.4, -0.2) is 0 Å². The molecule has 0 spiro atoms. The van der Waals surface area contributed by atoms with E-state index in [0.29, 0.717) is 11.6 Å². The summed E-state index contributed by atoms with van der Waals surface area (Å²) in [4.78, 5) is 0. The van der Waals surface area contributed by atoms with Gasteiger partial charge >= 0.3 is 0 Å². The summed E-state index contributed by atoms with van der Waals surface area (Å²) < 4.78 is 11.5. The summed E-state index contributed by atoms with van der Waals surface area (Å²) in [6.07, 6.45) is 0. The molecule has 3 rings (SSSR count). The minimum atomic E-state index is 0.414. The molecule has 0 unspecified atom stereocenters. The maximum absolute atomic E-state index is 5.93. The quantitative estimate of drug-likeness (QED) is 0.671. The van der Waals surface area contributed by atoms with E-state index in [9.17, 15) is 0 Å². The number of hydrogen-bond donors (Lipinski definition) is 0. The maximum Gasteiger partial charge on any atom is 0.146 e. The summed E-state index contributed by atoms with van der Waals surface area (Å²) in [5.74, 6) is 1.67. The predicted octanol–water partition coefficient (Wildman–Crippen LogP) is 4.97.